The Balaban J connectivity index is 1.72. The van der Waals surface area contributed by atoms with Gasteiger partial charge in [-0.25, -0.2) is 4.39 Å². The Kier molecular flexibility index (Phi) is 7.23. The summed E-state index contributed by atoms with van der Waals surface area (Å²) in [7, 11) is 0. The van der Waals surface area contributed by atoms with E-state index in [9.17, 15) is 19.2 Å². The number of anilines is 2. The number of benzene rings is 3. The van der Waals surface area contributed by atoms with E-state index in [1.54, 1.807) is 48.5 Å². The van der Waals surface area contributed by atoms with Crippen molar-refractivity contribution in [2.45, 2.75) is 11.7 Å². The fraction of sp³-hybridized carbons (Fsp3) is 0.0800. The van der Waals surface area contributed by atoms with Gasteiger partial charge in [-0.05, 0) is 54.4 Å². The molecule has 3 aromatic carbocycles. The standard InChI is InChI=1S/C25H16Cl2FN3O2S/c26-16-8-11-20(27)21(13-16)30-23(32)19(14-29)25-31(18-4-2-1-3-5-18)24(33)22(34-25)12-15-6-9-17(28)10-7-15/h1-11,13,22H,12H2,(H,30,32)/b25-19-/t22-/m0/s1. The van der Waals surface area contributed by atoms with Gasteiger partial charge < -0.3 is 5.32 Å². The van der Waals surface area contributed by atoms with Crippen LogP contribution >= 0.6 is 35.0 Å². The summed E-state index contributed by atoms with van der Waals surface area (Å²) in [5, 5.41) is 12.7. The van der Waals surface area contributed by atoms with E-state index in [-0.39, 0.29) is 33.0 Å². The monoisotopic (exact) mass is 511 g/mol. The molecule has 1 N–H and O–H groups in total. The molecule has 1 heterocycles. The molecule has 9 heteroatoms. The molecule has 2 amide bonds. The summed E-state index contributed by atoms with van der Waals surface area (Å²) < 4.78 is 13.3. The summed E-state index contributed by atoms with van der Waals surface area (Å²) in [5.74, 6) is -1.37. The lowest BCUT2D eigenvalue weighted by molar-refractivity contribution is -0.117. The molecule has 1 saturated heterocycles. The Morgan fingerprint density at radius 3 is 2.47 bits per heavy atom. The number of para-hydroxylation sites is 1. The zero-order valence-corrected chi connectivity index (χ0v) is 19.8. The molecule has 0 radical (unpaired) electrons. The summed E-state index contributed by atoms with van der Waals surface area (Å²) in [6, 6.07) is 21.2. The Bertz CT molecular complexity index is 1320. The number of amides is 2. The van der Waals surface area contributed by atoms with Crippen LogP contribution in [0, 0.1) is 17.1 Å². The predicted molar refractivity (Wildman–Crippen MR) is 133 cm³/mol. The number of carbonyl (C=O) groups is 2. The summed E-state index contributed by atoms with van der Waals surface area (Å²) in [4.78, 5) is 27.9. The Labute approximate surface area is 209 Å². The molecule has 0 unspecified atom stereocenters. The van der Waals surface area contributed by atoms with Crippen LogP contribution in [0.25, 0.3) is 0 Å². The molecule has 34 heavy (non-hydrogen) atoms. The molecule has 0 aliphatic carbocycles. The Morgan fingerprint density at radius 1 is 1.09 bits per heavy atom. The van der Waals surface area contributed by atoms with Gasteiger partial charge in [0.05, 0.1) is 16.0 Å². The lowest BCUT2D eigenvalue weighted by Gasteiger charge is -2.18. The van der Waals surface area contributed by atoms with Crippen LogP contribution in [0.2, 0.25) is 10.0 Å². The molecular weight excluding hydrogens is 496 g/mol. The van der Waals surface area contributed by atoms with E-state index in [0.29, 0.717) is 17.1 Å². The Hall–Kier alpha value is -3.31. The highest BCUT2D eigenvalue weighted by Gasteiger charge is 2.40. The highest BCUT2D eigenvalue weighted by Crippen LogP contribution is 2.42. The van der Waals surface area contributed by atoms with Gasteiger partial charge in [0.1, 0.15) is 22.5 Å². The lowest BCUT2D eigenvalue weighted by atomic mass is 10.1. The second-order valence-electron chi connectivity index (χ2n) is 7.32. The second kappa shape index (κ2) is 10.3. The summed E-state index contributed by atoms with van der Waals surface area (Å²) in [6.45, 7) is 0. The van der Waals surface area contributed by atoms with E-state index in [2.05, 4.69) is 5.32 Å². The van der Waals surface area contributed by atoms with Gasteiger partial charge in [-0.2, -0.15) is 5.26 Å². The van der Waals surface area contributed by atoms with Crippen LogP contribution in [0.1, 0.15) is 5.56 Å². The molecule has 1 fully saturated rings. The SMILES string of the molecule is N#C/C(C(=O)Nc1cc(Cl)ccc1Cl)=C1/S[C@@H](Cc2ccc(F)cc2)C(=O)N1c1ccccc1. The van der Waals surface area contributed by atoms with E-state index >= 15 is 0 Å². The van der Waals surface area contributed by atoms with E-state index in [1.165, 1.54) is 29.2 Å². The molecule has 1 aliphatic heterocycles. The number of nitrogens with one attached hydrogen (secondary N) is 1. The topological polar surface area (TPSA) is 73.2 Å². The largest absolute Gasteiger partial charge is 0.320 e. The zero-order chi connectivity index (χ0) is 24.2. The van der Waals surface area contributed by atoms with Gasteiger partial charge in [-0.15, -0.1) is 0 Å². The van der Waals surface area contributed by atoms with E-state index in [4.69, 9.17) is 23.2 Å². The smallest absolute Gasteiger partial charge is 0.269 e. The molecule has 4 rings (SSSR count). The van der Waals surface area contributed by atoms with Crippen molar-refractivity contribution in [1.29, 1.82) is 5.26 Å². The number of carbonyl (C=O) groups excluding carboxylic acids is 2. The fourth-order valence-corrected chi connectivity index (χ4v) is 5.06. The molecule has 1 atom stereocenters. The maximum Gasteiger partial charge on any atom is 0.269 e. The van der Waals surface area contributed by atoms with Crippen molar-refractivity contribution in [1.82, 2.24) is 0 Å². The lowest BCUT2D eigenvalue weighted by Crippen LogP contribution is -2.30. The minimum absolute atomic E-state index is 0.210. The first-order valence-corrected chi connectivity index (χ1v) is 11.7. The third-order valence-electron chi connectivity index (χ3n) is 5.03. The first-order valence-electron chi connectivity index (χ1n) is 10.1. The van der Waals surface area contributed by atoms with Crippen molar-refractivity contribution in [2.75, 3.05) is 10.2 Å². The number of rotatable bonds is 5. The van der Waals surface area contributed by atoms with Crippen LogP contribution in [0.5, 0.6) is 0 Å². The van der Waals surface area contributed by atoms with Crippen LogP contribution in [0.15, 0.2) is 83.4 Å². The van der Waals surface area contributed by atoms with E-state index < -0.39 is 11.2 Å². The van der Waals surface area contributed by atoms with Crippen molar-refractivity contribution in [3.8, 4) is 6.07 Å². The normalized spacial score (nSPS) is 16.8. The van der Waals surface area contributed by atoms with Gasteiger partial charge in [0.15, 0.2) is 0 Å². The quantitative estimate of drug-likeness (QED) is 0.327. The molecule has 0 aromatic heterocycles. The van der Waals surface area contributed by atoms with Crippen LogP contribution in [0.4, 0.5) is 15.8 Å². The molecular formula is C25H16Cl2FN3O2S. The number of halogens is 3. The number of nitrogens with zero attached hydrogens (tertiary/aromatic N) is 2. The third kappa shape index (κ3) is 5.10. The highest BCUT2D eigenvalue weighted by atomic mass is 35.5. The number of thioether (sulfide) groups is 1. The average molecular weight is 512 g/mol. The van der Waals surface area contributed by atoms with Crippen LogP contribution in [-0.4, -0.2) is 17.1 Å². The molecule has 5 nitrogen and oxygen atoms in total. The predicted octanol–water partition coefficient (Wildman–Crippen LogP) is 6.20. The highest BCUT2D eigenvalue weighted by molar-refractivity contribution is 8.05. The van der Waals surface area contributed by atoms with Crippen LogP contribution in [-0.2, 0) is 16.0 Å². The average Bonchev–Trinajstić information content (AvgIpc) is 3.14. The number of nitriles is 1. The van der Waals surface area contributed by atoms with Gasteiger partial charge in [-0.3, -0.25) is 14.5 Å². The third-order valence-corrected chi connectivity index (χ3v) is 6.86. The molecule has 170 valence electrons. The number of hydrogen-bond donors (Lipinski definition) is 1. The second-order valence-corrected chi connectivity index (χ2v) is 9.35. The van der Waals surface area contributed by atoms with Gasteiger partial charge in [-0.1, -0.05) is 65.3 Å². The van der Waals surface area contributed by atoms with Crippen molar-refractivity contribution in [3.63, 3.8) is 0 Å². The van der Waals surface area contributed by atoms with Crippen molar-refractivity contribution < 1.29 is 14.0 Å². The molecule has 0 spiro atoms. The summed E-state index contributed by atoms with van der Waals surface area (Å²) in [5.41, 5.74) is 1.30. The maximum absolute atomic E-state index is 13.4. The number of hydrogen-bond acceptors (Lipinski definition) is 4. The maximum atomic E-state index is 13.4. The van der Waals surface area contributed by atoms with Gasteiger partial charge >= 0.3 is 0 Å². The van der Waals surface area contributed by atoms with Gasteiger partial charge in [0.25, 0.3) is 5.91 Å². The molecule has 0 saturated carbocycles. The Morgan fingerprint density at radius 2 is 1.79 bits per heavy atom. The molecule has 1 aliphatic rings. The van der Waals surface area contributed by atoms with Gasteiger partial charge in [0.2, 0.25) is 5.91 Å². The minimum Gasteiger partial charge on any atom is -0.320 e. The summed E-state index contributed by atoms with van der Waals surface area (Å²) >= 11 is 13.3. The first kappa shape index (κ1) is 23.8. The summed E-state index contributed by atoms with van der Waals surface area (Å²) in [6.07, 6.45) is 0.303. The van der Waals surface area contributed by atoms with E-state index in [1.807, 2.05) is 6.07 Å². The van der Waals surface area contributed by atoms with Crippen LogP contribution in [0.3, 0.4) is 0 Å². The molecule has 0 bridgehead atoms. The van der Waals surface area contributed by atoms with Gasteiger partial charge in [0, 0.05) is 10.7 Å². The fourth-order valence-electron chi connectivity index (χ4n) is 3.41. The first-order chi connectivity index (χ1) is 16.4. The van der Waals surface area contributed by atoms with Crippen LogP contribution < -0.4 is 10.2 Å². The van der Waals surface area contributed by atoms with Crippen molar-refractivity contribution in [3.05, 3.63) is 105 Å². The van der Waals surface area contributed by atoms with E-state index in [0.717, 1.165) is 17.3 Å². The minimum atomic E-state index is -0.717. The molecule has 3 aromatic rings. The van der Waals surface area contributed by atoms with Crippen molar-refractivity contribution >= 4 is 58.2 Å². The van der Waals surface area contributed by atoms with Crippen molar-refractivity contribution in [2.24, 2.45) is 0 Å². The zero-order valence-electron chi connectivity index (χ0n) is 17.5.